The van der Waals surface area contributed by atoms with E-state index in [1.807, 2.05) is 49.4 Å². The topological polar surface area (TPSA) is 69.4 Å². The first-order valence-electron chi connectivity index (χ1n) is 13.4. The molecule has 39 heavy (non-hydrogen) atoms. The minimum atomic E-state index is -0.529. The maximum atomic E-state index is 14.3. The molecule has 0 spiro atoms. The van der Waals surface area contributed by atoms with E-state index in [1.54, 1.807) is 25.1 Å². The maximum absolute atomic E-state index is 14.3. The summed E-state index contributed by atoms with van der Waals surface area (Å²) in [5, 5.41) is 4.26. The molecule has 7 nitrogen and oxygen atoms in total. The largest absolute Gasteiger partial charge is 0.465 e. The van der Waals surface area contributed by atoms with Crippen molar-refractivity contribution in [3.05, 3.63) is 118 Å². The third-order valence-electron chi connectivity index (χ3n) is 7.58. The van der Waals surface area contributed by atoms with Crippen LogP contribution < -0.4 is 5.69 Å². The summed E-state index contributed by atoms with van der Waals surface area (Å²) in [6.45, 7) is 5.51. The van der Waals surface area contributed by atoms with Crippen molar-refractivity contribution in [2.75, 3.05) is 19.7 Å². The molecule has 3 aromatic carbocycles. The fourth-order valence-corrected chi connectivity index (χ4v) is 5.46. The summed E-state index contributed by atoms with van der Waals surface area (Å²) < 4.78 is 22.4. The number of carbonyl (C=O) groups excluding carboxylic acids is 1. The van der Waals surface area contributed by atoms with Gasteiger partial charge in [-0.25, -0.2) is 23.2 Å². The third kappa shape index (κ3) is 5.56. The lowest BCUT2D eigenvalue weighted by atomic mass is 9.88. The van der Waals surface area contributed by atoms with E-state index in [-0.39, 0.29) is 17.5 Å². The van der Waals surface area contributed by atoms with Crippen molar-refractivity contribution >= 4 is 5.97 Å². The molecule has 0 amide bonds. The highest BCUT2D eigenvalue weighted by molar-refractivity contribution is 5.77. The summed E-state index contributed by atoms with van der Waals surface area (Å²) in [6, 6.07) is 23.3. The summed E-state index contributed by atoms with van der Waals surface area (Å²) in [6.07, 6.45) is 3.31. The van der Waals surface area contributed by atoms with Crippen LogP contribution in [0.15, 0.2) is 90.0 Å². The highest BCUT2D eigenvalue weighted by atomic mass is 19.1. The van der Waals surface area contributed by atoms with Crippen molar-refractivity contribution in [3.8, 4) is 5.69 Å². The van der Waals surface area contributed by atoms with E-state index in [4.69, 9.17) is 4.74 Å². The lowest BCUT2D eigenvalue weighted by Gasteiger charge is -2.36. The molecule has 0 saturated carbocycles. The minimum absolute atomic E-state index is 0.207. The molecular formula is C31H33FN4O3. The summed E-state index contributed by atoms with van der Waals surface area (Å²) >= 11 is 0. The third-order valence-corrected chi connectivity index (χ3v) is 7.58. The first-order valence-corrected chi connectivity index (χ1v) is 13.4. The number of ether oxygens (including phenoxy) is 1. The van der Waals surface area contributed by atoms with Crippen molar-refractivity contribution in [1.82, 2.24) is 19.2 Å². The number of likely N-dealkylation sites (tertiary alicyclic amines) is 1. The Morgan fingerprint density at radius 3 is 2.33 bits per heavy atom. The van der Waals surface area contributed by atoms with Gasteiger partial charge in [-0.1, -0.05) is 60.7 Å². The van der Waals surface area contributed by atoms with Crippen molar-refractivity contribution < 1.29 is 13.9 Å². The summed E-state index contributed by atoms with van der Waals surface area (Å²) in [5.74, 6) is -0.213. The lowest BCUT2D eigenvalue weighted by Crippen LogP contribution is -2.40. The number of esters is 1. The van der Waals surface area contributed by atoms with Gasteiger partial charge >= 0.3 is 11.7 Å². The Labute approximate surface area is 227 Å². The molecule has 2 atom stereocenters. The average Bonchev–Trinajstić information content (AvgIpc) is 3.35. The number of carbonyl (C=O) groups is 1. The number of piperidine rings is 1. The van der Waals surface area contributed by atoms with Crippen LogP contribution >= 0.6 is 0 Å². The number of benzene rings is 3. The van der Waals surface area contributed by atoms with E-state index in [2.05, 4.69) is 22.1 Å². The van der Waals surface area contributed by atoms with E-state index in [1.165, 1.54) is 27.2 Å². The van der Waals surface area contributed by atoms with Crippen LogP contribution in [0.5, 0.6) is 0 Å². The molecule has 202 valence electrons. The number of rotatable bonds is 8. The quantitative estimate of drug-likeness (QED) is 0.292. The Bertz CT molecular complexity index is 1460. The van der Waals surface area contributed by atoms with Gasteiger partial charge in [0.15, 0.2) is 0 Å². The molecule has 4 aromatic rings. The van der Waals surface area contributed by atoms with Gasteiger partial charge in [0.25, 0.3) is 0 Å². The van der Waals surface area contributed by atoms with E-state index in [9.17, 15) is 14.0 Å². The molecule has 1 saturated heterocycles. The average molecular weight is 529 g/mol. The molecule has 1 aliphatic rings. The molecule has 0 aliphatic carbocycles. The molecule has 0 radical (unpaired) electrons. The van der Waals surface area contributed by atoms with E-state index in [0.29, 0.717) is 23.8 Å². The second-order valence-corrected chi connectivity index (χ2v) is 9.89. The minimum Gasteiger partial charge on any atom is -0.465 e. The van der Waals surface area contributed by atoms with E-state index >= 15 is 0 Å². The lowest BCUT2D eigenvalue weighted by molar-refractivity contribution is -0.150. The maximum Gasteiger partial charge on any atom is 0.350 e. The van der Waals surface area contributed by atoms with E-state index in [0.717, 1.165) is 31.5 Å². The highest BCUT2D eigenvalue weighted by Gasteiger charge is 2.32. The van der Waals surface area contributed by atoms with Crippen molar-refractivity contribution in [2.45, 2.75) is 44.7 Å². The normalized spacial score (nSPS) is 16.1. The number of halogens is 1. The van der Waals surface area contributed by atoms with Crippen molar-refractivity contribution in [3.63, 3.8) is 0 Å². The van der Waals surface area contributed by atoms with Gasteiger partial charge in [-0.2, -0.15) is 5.10 Å². The van der Waals surface area contributed by atoms with Gasteiger partial charge in [-0.15, -0.1) is 0 Å². The number of hydrogen-bond donors (Lipinski definition) is 0. The molecule has 1 aromatic heterocycles. The molecule has 0 bridgehead atoms. The van der Waals surface area contributed by atoms with Gasteiger partial charge in [-0.3, -0.25) is 4.90 Å². The van der Waals surface area contributed by atoms with Crippen LogP contribution in [0.2, 0.25) is 0 Å². The monoisotopic (exact) mass is 528 g/mol. The highest BCUT2D eigenvalue weighted by Crippen LogP contribution is 2.33. The molecule has 0 N–H and O–H groups in total. The number of hydrogen-bond acceptors (Lipinski definition) is 5. The van der Waals surface area contributed by atoms with Gasteiger partial charge in [0.1, 0.15) is 18.2 Å². The predicted octanol–water partition coefficient (Wildman–Crippen LogP) is 5.27. The van der Waals surface area contributed by atoms with E-state index < -0.39 is 12.1 Å². The van der Waals surface area contributed by atoms with Crippen molar-refractivity contribution in [1.29, 1.82) is 0 Å². The van der Waals surface area contributed by atoms with Gasteiger partial charge in [0.2, 0.25) is 0 Å². The van der Waals surface area contributed by atoms with Crippen LogP contribution in [0.25, 0.3) is 5.69 Å². The smallest absolute Gasteiger partial charge is 0.350 e. The first-order chi connectivity index (χ1) is 19.0. The summed E-state index contributed by atoms with van der Waals surface area (Å²) in [7, 11) is 0. The molecule has 1 fully saturated rings. The second-order valence-electron chi connectivity index (χ2n) is 9.89. The Balaban J connectivity index is 1.27. The zero-order valence-electron chi connectivity index (χ0n) is 22.2. The van der Waals surface area contributed by atoms with Gasteiger partial charge < -0.3 is 4.74 Å². The fourth-order valence-electron chi connectivity index (χ4n) is 5.46. The summed E-state index contributed by atoms with van der Waals surface area (Å²) in [5.41, 5.74) is 2.96. The van der Waals surface area contributed by atoms with Crippen LogP contribution in [0, 0.1) is 5.82 Å². The Kier molecular flexibility index (Phi) is 8.02. The molecule has 1 aliphatic heterocycles. The second kappa shape index (κ2) is 11.8. The molecule has 0 unspecified atom stereocenters. The number of aromatic nitrogens is 3. The fraction of sp³-hybridized carbons (Fsp3) is 0.323. The predicted molar refractivity (Wildman–Crippen MR) is 147 cm³/mol. The molecule has 5 rings (SSSR count). The van der Waals surface area contributed by atoms with Gasteiger partial charge in [0.05, 0.1) is 18.3 Å². The molecule has 8 heteroatoms. The Hall–Kier alpha value is -4.04. The molecule has 2 heterocycles. The van der Waals surface area contributed by atoms with Crippen LogP contribution in [0.3, 0.4) is 0 Å². The first kappa shape index (κ1) is 26.6. The number of nitrogens with zero attached hydrogens (tertiary/aromatic N) is 4. The molecular weight excluding hydrogens is 495 g/mol. The zero-order chi connectivity index (χ0) is 27.4. The Morgan fingerprint density at radius 2 is 1.67 bits per heavy atom. The van der Waals surface area contributed by atoms with Gasteiger partial charge in [0, 0.05) is 5.56 Å². The zero-order valence-corrected chi connectivity index (χ0v) is 22.2. The van der Waals surface area contributed by atoms with Crippen LogP contribution in [-0.2, 0) is 9.53 Å². The summed E-state index contributed by atoms with van der Waals surface area (Å²) in [4.78, 5) is 28.1. The Morgan fingerprint density at radius 1 is 1.00 bits per heavy atom. The van der Waals surface area contributed by atoms with Crippen LogP contribution in [0.1, 0.15) is 61.4 Å². The SMILES string of the molecule is CCOC(=O)[C@H](c1ccccc1)N1CCC(c2ccc(-n3cnn([C@H](C)c4ccccc4F)c3=O)cc2)CC1. The van der Waals surface area contributed by atoms with Crippen LogP contribution in [0.4, 0.5) is 4.39 Å². The van der Waals surface area contributed by atoms with Crippen molar-refractivity contribution in [2.24, 2.45) is 0 Å². The van der Waals surface area contributed by atoms with Crippen LogP contribution in [-0.4, -0.2) is 44.9 Å². The van der Waals surface area contributed by atoms with Gasteiger partial charge in [-0.05, 0) is 75.0 Å². The standard InChI is InChI=1S/C31H33FN4O3/c1-3-39-30(37)29(25-9-5-4-6-10-25)34-19-17-24(18-20-34)23-13-15-26(16-14-23)35-21-33-36(31(35)38)22(2)27-11-7-8-12-28(27)32/h4-16,21-22,24,29H,3,17-20H2,1-2H3/t22-,29+/m1/s1.